The number of rotatable bonds is 21. The molecule has 0 radical (unpaired) electrons. The van der Waals surface area contributed by atoms with E-state index in [4.69, 9.17) is 17.1 Å². The molecule has 3 aromatic carbocycles. The molecule has 18 nitrogen and oxygen atoms in total. The SMILES string of the molecule is [2H]C1([2H])C(C(=O)Nc2ccc(CNC(=O)c3ccc(N4CCN(C(=O)CCSSC(C)(C)CC(=O)N/N=C5\CCOc6cc(OCCCC(=O)ON7C(=O)CCC7=O)ccc65)CC4)cc3)c(F)c2)C1c1cccnc1. The van der Waals surface area contributed by atoms with E-state index in [0.717, 1.165) is 11.8 Å². The summed E-state index contributed by atoms with van der Waals surface area (Å²) in [5.41, 5.74) is 6.38. The van der Waals surface area contributed by atoms with E-state index in [1.807, 2.05) is 30.9 Å². The standard InChI is InChI=1S/C52H57FN8O10S2/c1-52(2,30-45(62)58-57-43-17-25-70-44-28-38(13-14-39(43)44)69-24-4-6-49(66)71-61-47(64)15-16-48(61)65)73-72-26-18-46(63)60-22-20-59(21-23-60)37-11-8-33(9-12-37)50(67)55-32-35-7-10-36(27-42(35)53)56-51(68)41-29-40(41)34-5-3-19-54-31-34/h3,5,7-14,19,27-28,31,40-41H,4,6,15-18,20-26,29-30,32H2,1-2H3,(H,55,67)(H,56,68)(H,58,62)/b57-43+/i29D2. The third-order valence-electron chi connectivity index (χ3n) is 12.2. The first-order valence-corrected chi connectivity index (χ1v) is 26.3. The summed E-state index contributed by atoms with van der Waals surface area (Å²) in [5, 5.41) is 10.3. The lowest BCUT2D eigenvalue weighted by Gasteiger charge is -2.36. The lowest BCUT2D eigenvalue weighted by atomic mass is 10.0. The van der Waals surface area contributed by atoms with Gasteiger partial charge in [-0.15, -0.1) is 5.06 Å². The second-order valence-corrected chi connectivity index (χ2v) is 21.4. The van der Waals surface area contributed by atoms with E-state index in [-0.39, 0.29) is 67.8 Å². The Bertz CT molecular complexity index is 2820. The van der Waals surface area contributed by atoms with E-state index in [1.165, 1.54) is 18.3 Å². The minimum absolute atomic E-state index is 0.0269. The van der Waals surface area contributed by atoms with Crippen molar-refractivity contribution in [2.45, 2.75) is 82.4 Å². The van der Waals surface area contributed by atoms with Gasteiger partial charge in [0.05, 0.1) is 25.3 Å². The van der Waals surface area contributed by atoms with Gasteiger partial charge in [-0.05, 0) is 92.7 Å². The fourth-order valence-corrected chi connectivity index (χ4v) is 10.7. The van der Waals surface area contributed by atoms with E-state index in [9.17, 15) is 33.6 Å². The van der Waals surface area contributed by atoms with Crippen molar-refractivity contribution in [1.82, 2.24) is 25.7 Å². The van der Waals surface area contributed by atoms with Crippen LogP contribution in [0.5, 0.6) is 11.5 Å². The molecule has 4 heterocycles. The molecule has 0 spiro atoms. The van der Waals surface area contributed by atoms with E-state index < -0.39 is 52.5 Å². The molecule has 0 bridgehead atoms. The van der Waals surface area contributed by atoms with Crippen molar-refractivity contribution < 1.29 is 55.0 Å². The number of hydroxylamine groups is 2. The van der Waals surface area contributed by atoms with Gasteiger partial charge in [0.15, 0.2) is 0 Å². The van der Waals surface area contributed by atoms with Gasteiger partial charge in [0.1, 0.15) is 17.3 Å². The molecule has 8 rings (SSSR count). The number of amides is 6. The number of nitrogens with one attached hydrogen (secondary N) is 3. The van der Waals surface area contributed by atoms with E-state index in [0.29, 0.717) is 96.8 Å². The molecule has 6 amide bonds. The number of aromatic nitrogens is 1. The number of ether oxygens (including phenoxy) is 2. The third-order valence-corrected chi connectivity index (χ3v) is 15.5. The van der Waals surface area contributed by atoms with Gasteiger partial charge in [-0.25, -0.2) is 14.6 Å². The van der Waals surface area contributed by atoms with Crippen LogP contribution in [0.4, 0.5) is 15.8 Å². The molecular weight excluding hydrogens is 980 g/mol. The van der Waals surface area contributed by atoms with Crippen LogP contribution in [0, 0.1) is 11.7 Å². The van der Waals surface area contributed by atoms with Gasteiger partial charge in [0.2, 0.25) is 17.7 Å². The second-order valence-electron chi connectivity index (χ2n) is 18.2. The summed E-state index contributed by atoms with van der Waals surface area (Å²) < 4.78 is 42.8. The molecule has 1 saturated carbocycles. The van der Waals surface area contributed by atoms with Crippen LogP contribution >= 0.6 is 21.6 Å². The van der Waals surface area contributed by atoms with Crippen LogP contribution < -0.4 is 30.4 Å². The number of hydrogen-bond acceptors (Lipinski definition) is 15. The first-order chi connectivity index (χ1) is 36.0. The summed E-state index contributed by atoms with van der Waals surface area (Å²) >= 11 is 0. The van der Waals surface area contributed by atoms with Crippen molar-refractivity contribution in [3.63, 3.8) is 0 Å². The number of carbonyl (C=O) groups excluding carboxylic acids is 7. The van der Waals surface area contributed by atoms with Crippen molar-refractivity contribution >= 4 is 80.1 Å². The zero-order valence-corrected chi connectivity index (χ0v) is 42.0. The number of piperazine rings is 1. The van der Waals surface area contributed by atoms with Crippen LogP contribution in [-0.4, -0.2) is 112 Å². The van der Waals surface area contributed by atoms with E-state index in [1.54, 1.807) is 70.2 Å². The highest BCUT2D eigenvalue weighted by atomic mass is 33.1. The van der Waals surface area contributed by atoms with Crippen LogP contribution in [0.3, 0.4) is 0 Å². The van der Waals surface area contributed by atoms with Crippen LogP contribution in [-0.2, 0) is 40.1 Å². The van der Waals surface area contributed by atoms with Crippen molar-refractivity contribution in [2.24, 2.45) is 11.0 Å². The molecule has 4 aliphatic rings. The predicted molar refractivity (Wildman–Crippen MR) is 273 cm³/mol. The maximum Gasteiger partial charge on any atom is 0.333 e. The number of benzene rings is 3. The average Bonchev–Trinajstić information content (AvgIpc) is 3.90. The Kier molecular flexibility index (Phi) is 16.4. The molecule has 2 saturated heterocycles. The van der Waals surface area contributed by atoms with Gasteiger partial charge >= 0.3 is 5.97 Å². The quantitative estimate of drug-likeness (QED) is 0.0349. The molecule has 2 atom stereocenters. The van der Waals surface area contributed by atoms with Gasteiger partial charge < -0.3 is 34.7 Å². The molecule has 2 unspecified atom stereocenters. The summed E-state index contributed by atoms with van der Waals surface area (Å²) in [6, 6.07) is 19.9. The molecule has 4 aromatic rings. The zero-order chi connectivity index (χ0) is 53.3. The first kappa shape index (κ1) is 49.6. The Morgan fingerprint density at radius 3 is 2.48 bits per heavy atom. The number of imide groups is 1. The van der Waals surface area contributed by atoms with Crippen LogP contribution in [0.2, 0.25) is 0 Å². The zero-order valence-electron chi connectivity index (χ0n) is 42.4. The number of nitrogens with zero attached hydrogens (tertiary/aromatic N) is 5. The number of halogens is 1. The highest BCUT2D eigenvalue weighted by Gasteiger charge is 2.44. The second kappa shape index (κ2) is 24.1. The summed E-state index contributed by atoms with van der Waals surface area (Å²) in [5.74, 6) is -3.47. The summed E-state index contributed by atoms with van der Waals surface area (Å²) in [6.07, 6.45) is 2.70. The fourth-order valence-electron chi connectivity index (χ4n) is 8.26. The van der Waals surface area contributed by atoms with Gasteiger partial charge in [-0.1, -0.05) is 33.7 Å². The molecular formula is C52H57FN8O10S2. The predicted octanol–water partition coefficient (Wildman–Crippen LogP) is 6.55. The van der Waals surface area contributed by atoms with Crippen molar-refractivity contribution in [2.75, 3.05) is 55.4 Å². The lowest BCUT2D eigenvalue weighted by molar-refractivity contribution is -0.197. The molecule has 21 heteroatoms. The smallest absolute Gasteiger partial charge is 0.333 e. The Morgan fingerprint density at radius 2 is 1.74 bits per heavy atom. The van der Waals surface area contributed by atoms with E-state index in [2.05, 4.69) is 31.0 Å². The molecule has 73 heavy (non-hydrogen) atoms. The van der Waals surface area contributed by atoms with Crippen LogP contribution in [0.1, 0.15) is 101 Å². The summed E-state index contributed by atoms with van der Waals surface area (Å²) in [7, 11) is 3.09. The molecule has 1 aromatic heterocycles. The number of carbonyl (C=O) groups is 7. The highest BCUT2D eigenvalue weighted by molar-refractivity contribution is 8.77. The number of hydrazone groups is 1. The minimum atomic E-state index is -1.75. The summed E-state index contributed by atoms with van der Waals surface area (Å²) in [6.45, 7) is 6.70. The molecule has 3 N–H and O–H groups in total. The molecule has 1 aliphatic carbocycles. The van der Waals surface area contributed by atoms with Crippen molar-refractivity contribution in [1.29, 1.82) is 0 Å². The lowest BCUT2D eigenvalue weighted by Crippen LogP contribution is -2.48. The van der Waals surface area contributed by atoms with E-state index >= 15 is 4.39 Å². The Morgan fingerprint density at radius 1 is 0.959 bits per heavy atom. The Balaban J connectivity index is 0.692. The van der Waals surface area contributed by atoms with Gasteiger partial charge in [-0.2, -0.15) is 5.10 Å². The normalized spacial score (nSPS) is 19.0. The van der Waals surface area contributed by atoms with Crippen LogP contribution in [0.15, 0.2) is 90.3 Å². The topological polar surface area (TPSA) is 218 Å². The number of fused-ring (bicyclic) bond motifs is 1. The maximum absolute atomic E-state index is 15.1. The van der Waals surface area contributed by atoms with Gasteiger partial charge in [0, 0.05) is 131 Å². The van der Waals surface area contributed by atoms with Gasteiger partial charge in [0.25, 0.3) is 17.7 Å². The van der Waals surface area contributed by atoms with Crippen molar-refractivity contribution in [3.8, 4) is 11.5 Å². The first-order valence-electron chi connectivity index (χ1n) is 25.0. The largest absolute Gasteiger partial charge is 0.493 e. The Labute approximate surface area is 432 Å². The molecule has 3 aliphatic heterocycles. The highest BCUT2D eigenvalue weighted by Crippen LogP contribution is 2.47. The fraction of sp³-hybridized carbons (Fsp3) is 0.404. The molecule has 384 valence electrons. The summed E-state index contributed by atoms with van der Waals surface area (Å²) in [4.78, 5) is 100. The maximum atomic E-state index is 15.1. The number of anilines is 2. The Hall–Kier alpha value is -7.00. The minimum Gasteiger partial charge on any atom is -0.493 e. The number of pyridine rings is 1. The van der Waals surface area contributed by atoms with Crippen LogP contribution in [0.25, 0.3) is 0 Å². The van der Waals surface area contributed by atoms with Crippen molar-refractivity contribution in [3.05, 3.63) is 113 Å². The monoisotopic (exact) mass is 1040 g/mol. The number of hydrogen-bond donors (Lipinski definition) is 3. The third kappa shape index (κ3) is 14.4. The van der Waals surface area contributed by atoms with Gasteiger partial charge in [-0.3, -0.25) is 33.8 Å². The average molecular weight is 1040 g/mol. The molecule has 3 fully saturated rings.